The summed E-state index contributed by atoms with van der Waals surface area (Å²) in [6.07, 6.45) is 2.33. The van der Waals surface area contributed by atoms with Gasteiger partial charge in [0.1, 0.15) is 0 Å². The van der Waals surface area contributed by atoms with Crippen molar-refractivity contribution in [3.63, 3.8) is 0 Å². The second-order valence-corrected chi connectivity index (χ2v) is 5.97. The fourth-order valence-corrected chi connectivity index (χ4v) is 3.82. The highest BCUT2D eigenvalue weighted by Gasteiger charge is 2.39. The van der Waals surface area contributed by atoms with E-state index in [0.717, 1.165) is 34.7 Å². The van der Waals surface area contributed by atoms with Gasteiger partial charge in [-0.25, -0.2) is 0 Å². The standard InChI is InChI=1S/C15H14N2OS/c1-9-10(8-16)14(13-6-3-7-19-13)15-11(17-9)4-2-5-12(15)18/h3,6-7,10,14H,2,4-5H2,1H3/t10?,14-/m1/s1. The Morgan fingerprint density at radius 3 is 3.00 bits per heavy atom. The first-order valence-electron chi connectivity index (χ1n) is 6.47. The molecule has 96 valence electrons. The molecule has 0 radical (unpaired) electrons. The van der Waals surface area contributed by atoms with Crippen LogP contribution in [0.4, 0.5) is 0 Å². The molecule has 1 aromatic rings. The van der Waals surface area contributed by atoms with Crippen LogP contribution in [0.2, 0.25) is 0 Å². The lowest BCUT2D eigenvalue weighted by Gasteiger charge is -2.31. The Balaban J connectivity index is 2.17. The highest BCUT2D eigenvalue weighted by molar-refractivity contribution is 7.10. The molecule has 2 heterocycles. The van der Waals surface area contributed by atoms with E-state index in [9.17, 15) is 10.1 Å². The lowest BCUT2D eigenvalue weighted by Crippen LogP contribution is -2.30. The minimum atomic E-state index is -0.306. The minimum absolute atomic E-state index is 0.106. The summed E-state index contributed by atoms with van der Waals surface area (Å²) in [4.78, 5) is 17.9. The molecule has 0 saturated carbocycles. The van der Waals surface area contributed by atoms with Gasteiger partial charge in [-0.1, -0.05) is 6.07 Å². The summed E-state index contributed by atoms with van der Waals surface area (Å²) in [6, 6.07) is 6.33. The van der Waals surface area contributed by atoms with Crippen LogP contribution in [0.15, 0.2) is 33.8 Å². The molecule has 0 aromatic carbocycles. The van der Waals surface area contributed by atoms with Gasteiger partial charge in [-0.15, -0.1) is 11.3 Å². The number of nitrogens with zero attached hydrogens (tertiary/aromatic N) is 2. The molecule has 0 saturated heterocycles. The van der Waals surface area contributed by atoms with Crippen LogP contribution in [-0.2, 0) is 4.79 Å². The van der Waals surface area contributed by atoms with Crippen LogP contribution in [0.1, 0.15) is 37.0 Å². The molecule has 0 N–H and O–H groups in total. The van der Waals surface area contributed by atoms with E-state index >= 15 is 0 Å². The molecule has 19 heavy (non-hydrogen) atoms. The minimum Gasteiger partial charge on any atom is -0.294 e. The van der Waals surface area contributed by atoms with Gasteiger partial charge >= 0.3 is 0 Å². The summed E-state index contributed by atoms with van der Waals surface area (Å²) in [5.74, 6) is -0.235. The Hall–Kier alpha value is -1.73. The van der Waals surface area contributed by atoms with Crippen LogP contribution >= 0.6 is 11.3 Å². The average molecular weight is 270 g/mol. The first kappa shape index (κ1) is 12.3. The highest BCUT2D eigenvalue weighted by atomic mass is 32.1. The van der Waals surface area contributed by atoms with Crippen LogP contribution in [0.5, 0.6) is 0 Å². The molecular formula is C15H14N2OS. The average Bonchev–Trinajstić information content (AvgIpc) is 2.91. The Morgan fingerprint density at radius 2 is 2.32 bits per heavy atom. The Labute approximate surface area is 116 Å². The van der Waals surface area contributed by atoms with Crippen molar-refractivity contribution >= 4 is 22.8 Å². The zero-order chi connectivity index (χ0) is 13.4. The number of aliphatic imine (C=N–C) groups is 1. The lowest BCUT2D eigenvalue weighted by atomic mass is 9.75. The van der Waals surface area contributed by atoms with Crippen molar-refractivity contribution in [3.05, 3.63) is 33.7 Å². The fourth-order valence-electron chi connectivity index (χ4n) is 2.95. The number of thiophene rings is 1. The van der Waals surface area contributed by atoms with Crippen LogP contribution in [0.25, 0.3) is 0 Å². The van der Waals surface area contributed by atoms with Crippen LogP contribution in [0, 0.1) is 17.2 Å². The molecule has 1 aromatic heterocycles. The van der Waals surface area contributed by atoms with E-state index in [1.165, 1.54) is 0 Å². The van der Waals surface area contributed by atoms with Crippen LogP contribution in [-0.4, -0.2) is 11.5 Å². The summed E-state index contributed by atoms with van der Waals surface area (Å²) in [5.41, 5.74) is 2.55. The number of ketones is 1. The largest absolute Gasteiger partial charge is 0.294 e. The molecule has 0 bridgehead atoms. The molecule has 4 heteroatoms. The maximum atomic E-state index is 12.3. The van der Waals surface area contributed by atoms with E-state index in [1.807, 2.05) is 24.4 Å². The van der Waals surface area contributed by atoms with E-state index in [1.54, 1.807) is 11.3 Å². The molecule has 0 fully saturated rings. The van der Waals surface area contributed by atoms with Gasteiger partial charge in [-0.05, 0) is 31.2 Å². The Kier molecular flexibility index (Phi) is 3.08. The molecule has 1 aliphatic heterocycles. The van der Waals surface area contributed by atoms with Crippen LogP contribution < -0.4 is 0 Å². The highest BCUT2D eigenvalue weighted by Crippen LogP contribution is 2.44. The molecule has 2 aliphatic rings. The predicted octanol–water partition coefficient (Wildman–Crippen LogP) is 3.45. The summed E-state index contributed by atoms with van der Waals surface area (Å²) >= 11 is 1.62. The lowest BCUT2D eigenvalue weighted by molar-refractivity contribution is -0.116. The number of carbonyl (C=O) groups excluding carboxylic acids is 1. The SMILES string of the molecule is CC1=NC2=C(C(=O)CCC2)[C@@H](c2cccs2)C1C#N. The smallest absolute Gasteiger partial charge is 0.161 e. The normalized spacial score (nSPS) is 26.7. The predicted molar refractivity (Wildman–Crippen MR) is 75.2 cm³/mol. The number of carbonyl (C=O) groups is 1. The molecule has 1 aliphatic carbocycles. The van der Waals surface area contributed by atoms with Gasteiger partial charge in [-0.2, -0.15) is 5.26 Å². The molecular weight excluding hydrogens is 256 g/mol. The van der Waals surface area contributed by atoms with Gasteiger partial charge in [0.05, 0.1) is 12.0 Å². The zero-order valence-electron chi connectivity index (χ0n) is 10.7. The number of Topliss-reactive ketones (excluding diaryl/α,β-unsaturated/α-hetero) is 1. The first-order valence-corrected chi connectivity index (χ1v) is 7.34. The number of hydrogen-bond donors (Lipinski definition) is 0. The van der Waals surface area contributed by atoms with E-state index in [4.69, 9.17) is 0 Å². The van der Waals surface area contributed by atoms with E-state index in [2.05, 4.69) is 11.1 Å². The van der Waals surface area contributed by atoms with Crippen molar-refractivity contribution in [2.45, 2.75) is 32.1 Å². The summed E-state index contributed by atoms with van der Waals surface area (Å²) in [7, 11) is 0. The van der Waals surface area contributed by atoms with E-state index in [-0.39, 0.29) is 17.6 Å². The second kappa shape index (κ2) is 4.75. The monoisotopic (exact) mass is 270 g/mol. The molecule has 3 rings (SSSR count). The fraction of sp³-hybridized carbons (Fsp3) is 0.400. The van der Waals surface area contributed by atoms with Crippen LogP contribution in [0.3, 0.4) is 0 Å². The quantitative estimate of drug-likeness (QED) is 0.784. The molecule has 2 atom stereocenters. The maximum absolute atomic E-state index is 12.3. The van der Waals surface area contributed by atoms with Gasteiger partial charge in [-0.3, -0.25) is 9.79 Å². The number of allylic oxidation sites excluding steroid dienone is 2. The maximum Gasteiger partial charge on any atom is 0.161 e. The molecule has 0 amide bonds. The third-order valence-corrected chi connectivity index (χ3v) is 4.78. The summed E-state index contributed by atoms with van der Waals surface area (Å²) in [5, 5.41) is 11.4. The van der Waals surface area contributed by atoms with Gasteiger partial charge in [0, 0.05) is 34.2 Å². The van der Waals surface area contributed by atoms with Crippen molar-refractivity contribution in [2.24, 2.45) is 10.9 Å². The van der Waals surface area contributed by atoms with Crippen molar-refractivity contribution in [3.8, 4) is 6.07 Å². The molecule has 0 spiro atoms. The number of rotatable bonds is 1. The Bertz CT molecular complexity index is 619. The van der Waals surface area contributed by atoms with Gasteiger partial charge in [0.25, 0.3) is 0 Å². The van der Waals surface area contributed by atoms with E-state index in [0.29, 0.717) is 6.42 Å². The molecule has 1 unspecified atom stereocenters. The van der Waals surface area contributed by atoms with Gasteiger partial charge in [0.15, 0.2) is 5.78 Å². The molecule has 3 nitrogen and oxygen atoms in total. The first-order chi connectivity index (χ1) is 9.22. The second-order valence-electron chi connectivity index (χ2n) is 4.99. The number of hydrogen-bond acceptors (Lipinski definition) is 4. The summed E-state index contributed by atoms with van der Waals surface area (Å²) in [6.45, 7) is 1.90. The third kappa shape index (κ3) is 1.95. The summed E-state index contributed by atoms with van der Waals surface area (Å²) < 4.78 is 0. The van der Waals surface area contributed by atoms with Crippen molar-refractivity contribution in [1.29, 1.82) is 5.26 Å². The Morgan fingerprint density at radius 1 is 1.47 bits per heavy atom. The van der Waals surface area contributed by atoms with E-state index < -0.39 is 0 Å². The third-order valence-electron chi connectivity index (χ3n) is 3.82. The topological polar surface area (TPSA) is 53.2 Å². The number of nitriles is 1. The van der Waals surface area contributed by atoms with Gasteiger partial charge < -0.3 is 0 Å². The van der Waals surface area contributed by atoms with Gasteiger partial charge in [0.2, 0.25) is 0 Å². The van der Waals surface area contributed by atoms with Crippen molar-refractivity contribution in [2.75, 3.05) is 0 Å². The zero-order valence-corrected chi connectivity index (χ0v) is 11.5. The van der Waals surface area contributed by atoms with Crippen molar-refractivity contribution < 1.29 is 4.79 Å². The van der Waals surface area contributed by atoms with Crippen molar-refractivity contribution in [1.82, 2.24) is 0 Å².